The maximum absolute atomic E-state index is 9.61. The fourth-order valence-corrected chi connectivity index (χ4v) is 5.32. The number of piperidine rings is 1. The Morgan fingerprint density at radius 1 is 1.20 bits per heavy atom. The Balaban J connectivity index is 1.22. The third-order valence-electron chi connectivity index (χ3n) is 6.60. The topological polar surface area (TPSA) is 86.9 Å². The van der Waals surface area contributed by atoms with E-state index in [0.717, 1.165) is 44.9 Å². The van der Waals surface area contributed by atoms with E-state index in [1.54, 1.807) is 0 Å². The zero-order valence-corrected chi connectivity index (χ0v) is 14.7. The number of anilines is 1. The predicted octanol–water partition coefficient (Wildman–Crippen LogP) is 0.466. The number of hydrogen-bond acceptors (Lipinski definition) is 8. The molecule has 3 saturated heterocycles. The van der Waals surface area contributed by atoms with Crippen LogP contribution in [0.25, 0.3) is 0 Å². The lowest BCUT2D eigenvalue weighted by Gasteiger charge is -2.44. The summed E-state index contributed by atoms with van der Waals surface area (Å²) in [6, 6.07) is 1.85. The lowest BCUT2D eigenvalue weighted by Crippen LogP contribution is -2.51. The fourth-order valence-electron chi connectivity index (χ4n) is 5.32. The third-order valence-corrected chi connectivity index (χ3v) is 6.60. The third kappa shape index (κ3) is 2.85. The molecule has 1 aliphatic carbocycles. The van der Waals surface area contributed by atoms with Gasteiger partial charge in [0.15, 0.2) is 5.82 Å². The van der Waals surface area contributed by atoms with Crippen LogP contribution >= 0.6 is 0 Å². The second-order valence-electron chi connectivity index (χ2n) is 8.23. The number of likely N-dealkylation sites (tertiary alicyclic amines) is 1. The highest BCUT2D eigenvalue weighted by molar-refractivity contribution is 5.31. The summed E-state index contributed by atoms with van der Waals surface area (Å²) in [6.07, 6.45) is 4.88. The largest absolute Gasteiger partial charge is 0.356 e. The van der Waals surface area contributed by atoms with E-state index in [4.69, 9.17) is 9.26 Å². The minimum Gasteiger partial charge on any atom is -0.356 e. The van der Waals surface area contributed by atoms with Crippen LogP contribution in [0, 0.1) is 12.8 Å². The van der Waals surface area contributed by atoms with Crippen molar-refractivity contribution >= 4 is 6.01 Å². The van der Waals surface area contributed by atoms with E-state index in [0.29, 0.717) is 23.9 Å². The maximum Gasteiger partial charge on any atom is 0.324 e. The highest BCUT2D eigenvalue weighted by atomic mass is 16.6. The standard InChI is InChI=1S/C17H27N5O3/c1-11-19-15(25-20-11)22-9-12-6-13(8-14(22)7-12)21-4-2-17(3-5-21)10-18-16(23)24-17/h12-14,16,18,23H,2-10H2,1H3. The number of aromatic nitrogens is 2. The van der Waals surface area contributed by atoms with Gasteiger partial charge in [0, 0.05) is 38.3 Å². The summed E-state index contributed by atoms with van der Waals surface area (Å²) >= 11 is 0. The minimum atomic E-state index is -0.788. The SMILES string of the molecule is Cc1noc(N2CC3CC(N4CCC5(CC4)CNC(O)O5)CC2C3)n1. The van der Waals surface area contributed by atoms with Crippen LogP contribution in [0.1, 0.15) is 37.9 Å². The van der Waals surface area contributed by atoms with Crippen LogP contribution in [-0.2, 0) is 4.74 Å². The van der Waals surface area contributed by atoms with Gasteiger partial charge in [0.1, 0.15) is 0 Å². The molecule has 138 valence electrons. The smallest absolute Gasteiger partial charge is 0.324 e. The first-order chi connectivity index (χ1) is 12.1. The monoisotopic (exact) mass is 349 g/mol. The number of nitrogens with zero attached hydrogens (tertiary/aromatic N) is 4. The van der Waals surface area contributed by atoms with Crippen molar-refractivity contribution < 1.29 is 14.4 Å². The zero-order valence-electron chi connectivity index (χ0n) is 14.7. The van der Waals surface area contributed by atoms with Crippen LogP contribution in [-0.4, -0.2) is 70.4 Å². The van der Waals surface area contributed by atoms with E-state index in [1.807, 2.05) is 6.92 Å². The van der Waals surface area contributed by atoms with Crippen molar-refractivity contribution in [3.8, 4) is 0 Å². The number of rotatable bonds is 2. The Bertz CT molecular complexity index is 630. The molecular formula is C17H27N5O3. The summed E-state index contributed by atoms with van der Waals surface area (Å²) in [5.41, 5.74) is -0.156. The van der Waals surface area contributed by atoms with E-state index in [9.17, 15) is 5.11 Å². The molecular weight excluding hydrogens is 322 g/mol. The Morgan fingerprint density at radius 2 is 2.00 bits per heavy atom. The van der Waals surface area contributed by atoms with E-state index >= 15 is 0 Å². The first-order valence-corrected chi connectivity index (χ1v) is 9.50. The van der Waals surface area contributed by atoms with Crippen molar-refractivity contribution in [3.05, 3.63) is 5.82 Å². The van der Waals surface area contributed by atoms with Crippen LogP contribution in [0.4, 0.5) is 6.01 Å². The summed E-state index contributed by atoms with van der Waals surface area (Å²) in [4.78, 5) is 9.40. The van der Waals surface area contributed by atoms with E-state index in [1.165, 1.54) is 19.3 Å². The van der Waals surface area contributed by atoms with Gasteiger partial charge in [0.05, 0.1) is 5.60 Å². The second-order valence-corrected chi connectivity index (χ2v) is 8.23. The van der Waals surface area contributed by atoms with Crippen LogP contribution in [0.3, 0.4) is 0 Å². The number of nitrogens with one attached hydrogen (secondary N) is 1. The van der Waals surface area contributed by atoms with Gasteiger partial charge in [-0.05, 0) is 44.9 Å². The van der Waals surface area contributed by atoms with Crippen molar-refractivity contribution in [1.29, 1.82) is 0 Å². The highest BCUT2D eigenvalue weighted by Gasteiger charge is 2.46. The average Bonchev–Trinajstić information content (AvgIpc) is 3.27. The van der Waals surface area contributed by atoms with E-state index in [2.05, 4.69) is 25.3 Å². The van der Waals surface area contributed by atoms with Gasteiger partial charge in [0.2, 0.25) is 6.41 Å². The molecule has 1 spiro atoms. The number of aliphatic hydroxyl groups is 1. The normalized spacial score (nSPS) is 37.9. The Labute approximate surface area is 147 Å². The van der Waals surface area contributed by atoms with Crippen molar-refractivity contribution in [2.45, 2.75) is 63.1 Å². The Hall–Kier alpha value is -1.22. The number of fused-ring (bicyclic) bond motifs is 2. The molecule has 0 amide bonds. The summed E-state index contributed by atoms with van der Waals surface area (Å²) in [6.45, 7) is 5.79. The van der Waals surface area contributed by atoms with Crippen LogP contribution in [0.15, 0.2) is 4.52 Å². The average molecular weight is 349 g/mol. The molecule has 1 aromatic heterocycles. The van der Waals surface area contributed by atoms with Crippen molar-refractivity contribution in [2.75, 3.05) is 31.1 Å². The Kier molecular flexibility index (Phi) is 3.78. The molecule has 1 saturated carbocycles. The molecule has 1 aromatic rings. The van der Waals surface area contributed by atoms with Gasteiger partial charge < -0.3 is 24.2 Å². The van der Waals surface area contributed by atoms with Gasteiger partial charge >= 0.3 is 6.01 Å². The summed E-state index contributed by atoms with van der Waals surface area (Å²) in [5.74, 6) is 1.43. The molecule has 4 unspecified atom stereocenters. The molecule has 4 heterocycles. The van der Waals surface area contributed by atoms with Gasteiger partial charge in [0.25, 0.3) is 0 Å². The van der Waals surface area contributed by atoms with Gasteiger partial charge in [-0.15, -0.1) is 0 Å². The predicted molar refractivity (Wildman–Crippen MR) is 89.9 cm³/mol. The molecule has 5 rings (SSSR count). The summed E-state index contributed by atoms with van der Waals surface area (Å²) < 4.78 is 11.2. The molecule has 0 radical (unpaired) electrons. The first-order valence-electron chi connectivity index (χ1n) is 9.50. The van der Waals surface area contributed by atoms with Gasteiger partial charge in [-0.25, -0.2) is 0 Å². The molecule has 4 fully saturated rings. The molecule has 3 aliphatic heterocycles. The number of aryl methyl sites for hydroxylation is 1. The van der Waals surface area contributed by atoms with Crippen LogP contribution in [0.2, 0.25) is 0 Å². The van der Waals surface area contributed by atoms with Gasteiger partial charge in [-0.3, -0.25) is 5.32 Å². The second kappa shape index (κ2) is 5.90. The minimum absolute atomic E-state index is 0.156. The van der Waals surface area contributed by atoms with Crippen LogP contribution < -0.4 is 10.2 Å². The quantitative estimate of drug-likeness (QED) is 0.797. The zero-order chi connectivity index (χ0) is 17.0. The molecule has 2 bridgehead atoms. The molecule has 4 atom stereocenters. The van der Waals surface area contributed by atoms with Crippen molar-refractivity contribution in [1.82, 2.24) is 20.4 Å². The lowest BCUT2D eigenvalue weighted by atomic mass is 9.83. The Morgan fingerprint density at radius 3 is 2.68 bits per heavy atom. The molecule has 2 N–H and O–H groups in total. The number of ether oxygens (including phenoxy) is 1. The maximum atomic E-state index is 9.61. The van der Waals surface area contributed by atoms with Gasteiger partial charge in [-0.1, -0.05) is 5.16 Å². The molecule has 0 aromatic carbocycles. The summed E-state index contributed by atoms with van der Waals surface area (Å²) in [7, 11) is 0. The van der Waals surface area contributed by atoms with Gasteiger partial charge in [-0.2, -0.15) is 4.98 Å². The molecule has 8 nitrogen and oxygen atoms in total. The highest BCUT2D eigenvalue weighted by Crippen LogP contribution is 2.41. The lowest BCUT2D eigenvalue weighted by molar-refractivity contribution is -0.159. The van der Waals surface area contributed by atoms with Crippen molar-refractivity contribution in [2.24, 2.45) is 5.92 Å². The first kappa shape index (κ1) is 16.0. The summed E-state index contributed by atoms with van der Waals surface area (Å²) in [5, 5.41) is 16.6. The number of hydrogen-bond donors (Lipinski definition) is 2. The van der Waals surface area contributed by atoms with Crippen molar-refractivity contribution in [3.63, 3.8) is 0 Å². The molecule has 8 heteroatoms. The fraction of sp³-hybridized carbons (Fsp3) is 0.882. The van der Waals surface area contributed by atoms with Crippen LogP contribution in [0.5, 0.6) is 0 Å². The van der Waals surface area contributed by atoms with E-state index < -0.39 is 6.41 Å². The molecule has 4 aliphatic rings. The van der Waals surface area contributed by atoms with E-state index in [-0.39, 0.29) is 5.60 Å². The molecule has 25 heavy (non-hydrogen) atoms. The number of aliphatic hydroxyl groups excluding tert-OH is 1.